The first kappa shape index (κ1) is 11.1. The summed E-state index contributed by atoms with van der Waals surface area (Å²) in [6.07, 6.45) is 0. The Morgan fingerprint density at radius 3 is 1.93 bits per heavy atom. The van der Waals surface area contributed by atoms with Gasteiger partial charge < -0.3 is 5.11 Å². The van der Waals surface area contributed by atoms with Gasteiger partial charge in [0.2, 0.25) is 0 Å². The van der Waals surface area contributed by atoms with Gasteiger partial charge in [0.15, 0.2) is 0 Å². The molecule has 0 aromatic heterocycles. The maximum absolute atomic E-state index is 9.56. The molecule has 0 unspecified atom stereocenters. The number of phenolic OH excluding ortho intramolecular Hbond substituents is 1. The molecule has 2 rings (SSSR count). The van der Waals surface area contributed by atoms with Crippen LogP contribution < -0.4 is 0 Å². The summed E-state index contributed by atoms with van der Waals surface area (Å²) >= 11 is 0. The molecule has 0 saturated carbocycles. The molecule has 2 heteroatoms. The Balaban J connectivity index is 0.000000980. The van der Waals surface area contributed by atoms with Gasteiger partial charge in [0.1, 0.15) is 5.75 Å². The van der Waals surface area contributed by atoms with E-state index in [9.17, 15) is 5.11 Å². The predicted molar refractivity (Wildman–Crippen MR) is 62.1 cm³/mol. The topological polar surface area (TPSA) is 20.2 Å². The molecule has 1 N–H and O–H groups in total. The molecule has 0 spiro atoms. The van der Waals surface area contributed by atoms with Crippen LogP contribution in [0.2, 0.25) is 0 Å². The zero-order valence-electron chi connectivity index (χ0n) is 7.14. The van der Waals surface area contributed by atoms with E-state index in [1.54, 1.807) is 6.07 Å². The van der Waals surface area contributed by atoms with Gasteiger partial charge in [-0.1, -0.05) is 48.5 Å². The van der Waals surface area contributed by atoms with Crippen molar-refractivity contribution in [1.29, 1.82) is 0 Å². The Kier molecular flexibility index (Phi) is 3.98. The lowest BCUT2D eigenvalue weighted by atomic mass is 10.1. The lowest BCUT2D eigenvalue weighted by Crippen LogP contribution is -1.76. The number of rotatable bonds is 1. The second-order valence-electron chi connectivity index (χ2n) is 2.88. The monoisotopic (exact) mass is 196 g/mol. The van der Waals surface area contributed by atoms with Gasteiger partial charge in [-0.3, -0.25) is 0 Å². The van der Waals surface area contributed by atoms with Crippen molar-refractivity contribution >= 4 is 23.1 Å². The van der Waals surface area contributed by atoms with E-state index in [2.05, 4.69) is 0 Å². The van der Waals surface area contributed by atoms with Gasteiger partial charge >= 0.3 is 23.1 Å². The van der Waals surface area contributed by atoms with Crippen molar-refractivity contribution in [3.8, 4) is 16.9 Å². The third-order valence-corrected chi connectivity index (χ3v) is 1.99. The van der Waals surface area contributed by atoms with Crippen LogP contribution in [0.3, 0.4) is 0 Å². The molecule has 1 nitrogen and oxygen atoms in total. The average Bonchev–Trinajstić information content (AvgIpc) is 2.20. The standard InChI is InChI=1S/C12H10O.Mg.2H/c13-12-9-5-4-8-11(12)10-6-2-1-3-7-10;;;/h1-9,13H;;;. The van der Waals surface area contributed by atoms with E-state index in [0.717, 1.165) is 11.1 Å². The summed E-state index contributed by atoms with van der Waals surface area (Å²) in [6.45, 7) is 0. The number of hydrogen-bond acceptors (Lipinski definition) is 1. The van der Waals surface area contributed by atoms with E-state index in [1.807, 2.05) is 48.5 Å². The van der Waals surface area contributed by atoms with Crippen molar-refractivity contribution < 1.29 is 5.11 Å². The Labute approximate surface area is 99.6 Å². The Hall–Kier alpha value is -0.994. The zero-order valence-corrected chi connectivity index (χ0v) is 7.14. The third-order valence-electron chi connectivity index (χ3n) is 1.99. The lowest BCUT2D eigenvalue weighted by Gasteiger charge is -2.02. The summed E-state index contributed by atoms with van der Waals surface area (Å²) in [7, 11) is 0. The highest BCUT2D eigenvalue weighted by molar-refractivity contribution is 5.75. The minimum atomic E-state index is 0. The van der Waals surface area contributed by atoms with E-state index in [0.29, 0.717) is 5.75 Å². The first-order valence-corrected chi connectivity index (χ1v) is 4.21. The van der Waals surface area contributed by atoms with Crippen molar-refractivity contribution in [2.75, 3.05) is 0 Å². The van der Waals surface area contributed by atoms with E-state index in [1.165, 1.54) is 0 Å². The van der Waals surface area contributed by atoms with Crippen LogP contribution in [0.1, 0.15) is 0 Å². The molecule has 0 bridgehead atoms. The fourth-order valence-electron chi connectivity index (χ4n) is 1.34. The highest BCUT2D eigenvalue weighted by Crippen LogP contribution is 2.27. The SMILES string of the molecule is Oc1ccccc1-c1ccccc1.[MgH2]. The number of hydrogen-bond donors (Lipinski definition) is 1. The molecule has 0 atom stereocenters. The number of phenols is 1. The molecule has 0 aliphatic rings. The molecule has 0 fully saturated rings. The van der Waals surface area contributed by atoms with Crippen LogP contribution in [0.25, 0.3) is 11.1 Å². The van der Waals surface area contributed by atoms with Crippen LogP contribution in [0.15, 0.2) is 54.6 Å². The second kappa shape index (κ2) is 5.03. The molecule has 2 aromatic rings. The molecule has 0 radical (unpaired) electrons. The normalized spacial score (nSPS) is 9.14. The Bertz CT molecular complexity index is 398. The lowest BCUT2D eigenvalue weighted by molar-refractivity contribution is 0.477. The van der Waals surface area contributed by atoms with Gasteiger partial charge in [0, 0.05) is 5.56 Å². The van der Waals surface area contributed by atoms with Crippen molar-refractivity contribution in [2.24, 2.45) is 0 Å². The smallest absolute Gasteiger partial charge is 0.316 e. The second-order valence-corrected chi connectivity index (χ2v) is 2.88. The summed E-state index contributed by atoms with van der Waals surface area (Å²) in [6, 6.07) is 17.2. The fraction of sp³-hybridized carbons (Fsp3) is 0. The summed E-state index contributed by atoms with van der Waals surface area (Å²) in [5.41, 5.74) is 1.92. The molecular weight excluding hydrogens is 184 g/mol. The molecule has 0 aliphatic carbocycles. The molecule has 0 amide bonds. The van der Waals surface area contributed by atoms with Crippen LogP contribution >= 0.6 is 0 Å². The zero-order chi connectivity index (χ0) is 9.10. The first-order chi connectivity index (χ1) is 6.38. The van der Waals surface area contributed by atoms with Crippen molar-refractivity contribution in [3.05, 3.63) is 54.6 Å². The highest BCUT2D eigenvalue weighted by Gasteiger charge is 2.00. The van der Waals surface area contributed by atoms with E-state index in [-0.39, 0.29) is 23.1 Å². The maximum atomic E-state index is 9.56. The summed E-state index contributed by atoms with van der Waals surface area (Å²) in [4.78, 5) is 0. The quantitative estimate of drug-likeness (QED) is 0.693. The first-order valence-electron chi connectivity index (χ1n) is 4.21. The molecule has 14 heavy (non-hydrogen) atoms. The average molecular weight is 197 g/mol. The van der Waals surface area contributed by atoms with Crippen LogP contribution in [0, 0.1) is 0 Å². The van der Waals surface area contributed by atoms with Crippen LogP contribution in [-0.2, 0) is 0 Å². The largest absolute Gasteiger partial charge is 0.507 e. The maximum Gasteiger partial charge on any atom is 0.316 e. The van der Waals surface area contributed by atoms with Crippen LogP contribution in [0.4, 0.5) is 0 Å². The Morgan fingerprint density at radius 2 is 1.29 bits per heavy atom. The molecule has 2 aromatic carbocycles. The molecule has 0 saturated heterocycles. The van der Waals surface area contributed by atoms with Crippen LogP contribution in [-0.4, -0.2) is 28.2 Å². The summed E-state index contributed by atoms with van der Waals surface area (Å²) in [5.74, 6) is 0.328. The van der Waals surface area contributed by atoms with Crippen molar-refractivity contribution in [2.45, 2.75) is 0 Å². The third kappa shape index (κ3) is 2.28. The van der Waals surface area contributed by atoms with E-state index in [4.69, 9.17) is 0 Å². The summed E-state index contributed by atoms with van der Waals surface area (Å²) in [5, 5.41) is 9.56. The molecule has 68 valence electrons. The molecule has 0 aliphatic heterocycles. The van der Waals surface area contributed by atoms with E-state index >= 15 is 0 Å². The minimum Gasteiger partial charge on any atom is -0.507 e. The van der Waals surface area contributed by atoms with Gasteiger partial charge in [-0.05, 0) is 11.6 Å². The van der Waals surface area contributed by atoms with Gasteiger partial charge in [-0.25, -0.2) is 0 Å². The van der Waals surface area contributed by atoms with E-state index < -0.39 is 0 Å². The van der Waals surface area contributed by atoms with Crippen molar-refractivity contribution in [3.63, 3.8) is 0 Å². The van der Waals surface area contributed by atoms with Gasteiger partial charge in [-0.2, -0.15) is 0 Å². The van der Waals surface area contributed by atoms with Crippen molar-refractivity contribution in [1.82, 2.24) is 0 Å². The van der Waals surface area contributed by atoms with Gasteiger partial charge in [0.25, 0.3) is 0 Å². The number of benzene rings is 2. The highest BCUT2D eigenvalue weighted by atomic mass is 24.3. The molecule has 0 heterocycles. The number of aromatic hydroxyl groups is 1. The van der Waals surface area contributed by atoms with Gasteiger partial charge in [0.05, 0.1) is 0 Å². The Morgan fingerprint density at radius 1 is 0.714 bits per heavy atom. The molecular formula is C12H12MgO. The summed E-state index contributed by atoms with van der Waals surface area (Å²) < 4.78 is 0. The fourth-order valence-corrected chi connectivity index (χ4v) is 1.34. The minimum absolute atomic E-state index is 0. The predicted octanol–water partition coefficient (Wildman–Crippen LogP) is 2.14. The number of para-hydroxylation sites is 1. The van der Waals surface area contributed by atoms with Gasteiger partial charge in [-0.15, -0.1) is 0 Å². The van der Waals surface area contributed by atoms with Crippen LogP contribution in [0.5, 0.6) is 5.75 Å².